The van der Waals surface area contributed by atoms with Gasteiger partial charge in [-0.15, -0.1) is 11.8 Å². The number of anilines is 2. The number of carbonyl (C=O) groups excluding carboxylic acids is 3. The second-order valence-corrected chi connectivity index (χ2v) is 10.7. The van der Waals surface area contributed by atoms with E-state index in [0.29, 0.717) is 11.4 Å². The summed E-state index contributed by atoms with van der Waals surface area (Å²) in [6.07, 6.45) is -1.29. The Morgan fingerprint density at radius 2 is 1.76 bits per heavy atom. The molecule has 0 saturated heterocycles. The van der Waals surface area contributed by atoms with Crippen LogP contribution in [0, 0.1) is 0 Å². The number of hydrogen-bond acceptors (Lipinski definition) is 7. The third-order valence-electron chi connectivity index (χ3n) is 4.56. The number of para-hydroxylation sites is 1. The van der Waals surface area contributed by atoms with Crippen molar-refractivity contribution in [2.45, 2.75) is 54.4 Å². The van der Waals surface area contributed by atoms with Gasteiger partial charge in [0.2, 0.25) is 15.9 Å². The van der Waals surface area contributed by atoms with Gasteiger partial charge in [-0.05, 0) is 57.2 Å². The number of carbonyl (C=O) groups is 3. The molecule has 0 saturated carbocycles. The number of ether oxygens (including phenoxy) is 1. The maximum Gasteiger partial charge on any atom is 0.308 e. The molecule has 0 spiro atoms. The van der Waals surface area contributed by atoms with Crippen molar-refractivity contribution in [3.8, 4) is 0 Å². The molecule has 2 amide bonds. The van der Waals surface area contributed by atoms with E-state index in [1.165, 1.54) is 43.0 Å². The Balaban J connectivity index is 1.53. The zero-order valence-corrected chi connectivity index (χ0v) is 20.0. The van der Waals surface area contributed by atoms with Gasteiger partial charge in [0.15, 0.2) is 6.10 Å². The summed E-state index contributed by atoms with van der Waals surface area (Å²) < 4.78 is 32.0. The molecule has 2 unspecified atom stereocenters. The minimum absolute atomic E-state index is 0.0681. The molecule has 2 aromatic rings. The molecule has 0 bridgehead atoms. The molecular formula is C22H25N3O6S2. The van der Waals surface area contributed by atoms with Gasteiger partial charge in [0.1, 0.15) is 0 Å². The number of sulfonamides is 1. The lowest BCUT2D eigenvalue weighted by Gasteiger charge is -2.23. The van der Waals surface area contributed by atoms with E-state index < -0.39 is 33.3 Å². The molecule has 0 fully saturated rings. The second kappa shape index (κ2) is 10.4. The molecule has 176 valence electrons. The first-order valence-corrected chi connectivity index (χ1v) is 12.6. The predicted octanol–water partition coefficient (Wildman–Crippen LogP) is 2.75. The number of hydrogen-bond donors (Lipinski definition) is 3. The van der Waals surface area contributed by atoms with Crippen molar-refractivity contribution >= 4 is 50.9 Å². The Morgan fingerprint density at radius 3 is 2.42 bits per heavy atom. The van der Waals surface area contributed by atoms with Crippen molar-refractivity contribution in [2.75, 3.05) is 10.6 Å². The van der Waals surface area contributed by atoms with Gasteiger partial charge in [-0.2, -0.15) is 0 Å². The molecule has 2 aromatic carbocycles. The van der Waals surface area contributed by atoms with E-state index in [9.17, 15) is 22.8 Å². The minimum atomic E-state index is -3.64. The first-order valence-electron chi connectivity index (χ1n) is 10.2. The largest absolute Gasteiger partial charge is 0.452 e. The van der Waals surface area contributed by atoms with Crippen LogP contribution in [0.4, 0.5) is 11.4 Å². The highest BCUT2D eigenvalue weighted by Crippen LogP contribution is 2.36. The summed E-state index contributed by atoms with van der Waals surface area (Å²) in [5.41, 5.74) is 1.05. The molecule has 2 atom stereocenters. The smallest absolute Gasteiger partial charge is 0.308 e. The SMILES string of the molecule is CC(C)NS(=O)(=O)c1ccc(NC(=O)C(C)OC(=O)CC2Sc3ccccc3NC2=O)cc1. The van der Waals surface area contributed by atoms with Crippen LogP contribution in [-0.2, 0) is 29.1 Å². The van der Waals surface area contributed by atoms with Gasteiger partial charge in [-0.3, -0.25) is 14.4 Å². The van der Waals surface area contributed by atoms with Crippen molar-refractivity contribution < 1.29 is 27.5 Å². The fourth-order valence-electron chi connectivity index (χ4n) is 3.02. The quantitative estimate of drug-likeness (QED) is 0.484. The average Bonchev–Trinajstić information content (AvgIpc) is 2.73. The van der Waals surface area contributed by atoms with Crippen molar-refractivity contribution in [2.24, 2.45) is 0 Å². The summed E-state index contributed by atoms with van der Waals surface area (Å²) in [6, 6.07) is 12.7. The number of nitrogens with one attached hydrogen (secondary N) is 3. The molecule has 1 aliphatic rings. The molecule has 11 heteroatoms. The van der Waals surface area contributed by atoms with Crippen LogP contribution in [0.15, 0.2) is 58.3 Å². The third-order valence-corrected chi connectivity index (χ3v) is 7.51. The maximum absolute atomic E-state index is 12.4. The fourth-order valence-corrected chi connectivity index (χ4v) is 5.36. The highest BCUT2D eigenvalue weighted by Gasteiger charge is 2.30. The van der Waals surface area contributed by atoms with Gasteiger partial charge in [-0.25, -0.2) is 13.1 Å². The molecule has 33 heavy (non-hydrogen) atoms. The normalized spacial score (nSPS) is 16.5. The van der Waals surface area contributed by atoms with Crippen LogP contribution < -0.4 is 15.4 Å². The monoisotopic (exact) mass is 491 g/mol. The van der Waals surface area contributed by atoms with E-state index in [-0.39, 0.29) is 23.3 Å². The molecule has 1 heterocycles. The van der Waals surface area contributed by atoms with E-state index in [1.54, 1.807) is 19.9 Å². The Morgan fingerprint density at radius 1 is 1.09 bits per heavy atom. The van der Waals surface area contributed by atoms with E-state index in [0.717, 1.165) is 4.90 Å². The first kappa shape index (κ1) is 24.7. The molecule has 3 N–H and O–H groups in total. The van der Waals surface area contributed by atoms with E-state index in [2.05, 4.69) is 15.4 Å². The molecule has 0 aliphatic carbocycles. The van der Waals surface area contributed by atoms with Gasteiger partial charge in [-0.1, -0.05) is 12.1 Å². The first-order chi connectivity index (χ1) is 15.5. The molecule has 9 nitrogen and oxygen atoms in total. The molecule has 0 aromatic heterocycles. The van der Waals surface area contributed by atoms with Crippen molar-refractivity contribution in [1.82, 2.24) is 4.72 Å². The summed E-state index contributed by atoms with van der Waals surface area (Å²) in [4.78, 5) is 37.9. The van der Waals surface area contributed by atoms with Crippen LogP contribution in [-0.4, -0.2) is 43.6 Å². The van der Waals surface area contributed by atoms with E-state index in [1.807, 2.05) is 18.2 Å². The fraction of sp³-hybridized carbons (Fsp3) is 0.318. The highest BCUT2D eigenvalue weighted by atomic mass is 32.2. The number of esters is 1. The maximum atomic E-state index is 12.4. The lowest BCUT2D eigenvalue weighted by Crippen LogP contribution is -2.34. The number of rotatable bonds is 8. The van der Waals surface area contributed by atoms with Crippen LogP contribution in [0.1, 0.15) is 27.2 Å². The molecule has 3 rings (SSSR count). The van der Waals surface area contributed by atoms with E-state index in [4.69, 9.17) is 4.74 Å². The zero-order valence-electron chi connectivity index (χ0n) is 18.3. The second-order valence-electron chi connectivity index (χ2n) is 7.72. The summed E-state index contributed by atoms with van der Waals surface area (Å²) in [7, 11) is -3.64. The van der Waals surface area contributed by atoms with Gasteiger partial charge in [0.05, 0.1) is 22.3 Å². The standard InChI is InChI=1S/C22H25N3O6S2/c1-13(2)25-33(29,30)16-10-8-15(9-11-16)23-21(27)14(3)31-20(26)12-19-22(28)24-17-6-4-5-7-18(17)32-19/h4-11,13-14,19,25H,12H2,1-3H3,(H,23,27)(H,24,28). The Labute approximate surface area is 196 Å². The van der Waals surface area contributed by atoms with Gasteiger partial charge < -0.3 is 15.4 Å². The number of benzene rings is 2. The Bertz CT molecular complexity index is 1150. The summed E-state index contributed by atoms with van der Waals surface area (Å²) >= 11 is 1.27. The number of fused-ring (bicyclic) bond motifs is 1. The lowest BCUT2D eigenvalue weighted by atomic mass is 10.2. The average molecular weight is 492 g/mol. The predicted molar refractivity (Wildman–Crippen MR) is 125 cm³/mol. The Hall–Kier alpha value is -2.89. The van der Waals surface area contributed by atoms with Gasteiger partial charge in [0, 0.05) is 16.6 Å². The summed E-state index contributed by atoms with van der Waals surface area (Å²) in [6.45, 7) is 4.85. The zero-order chi connectivity index (χ0) is 24.2. The van der Waals surface area contributed by atoms with E-state index >= 15 is 0 Å². The Kier molecular flexibility index (Phi) is 7.77. The summed E-state index contributed by atoms with van der Waals surface area (Å²) in [5.74, 6) is -1.55. The summed E-state index contributed by atoms with van der Waals surface area (Å²) in [5, 5.41) is 4.68. The number of amides is 2. The van der Waals surface area contributed by atoms with Crippen LogP contribution in [0.25, 0.3) is 0 Å². The van der Waals surface area contributed by atoms with Crippen LogP contribution in [0.3, 0.4) is 0 Å². The van der Waals surface area contributed by atoms with Gasteiger partial charge in [0.25, 0.3) is 5.91 Å². The highest BCUT2D eigenvalue weighted by molar-refractivity contribution is 8.01. The third kappa shape index (κ3) is 6.56. The molecular weight excluding hydrogens is 466 g/mol. The van der Waals surface area contributed by atoms with Gasteiger partial charge >= 0.3 is 5.97 Å². The van der Waals surface area contributed by atoms with Crippen LogP contribution in [0.5, 0.6) is 0 Å². The van der Waals surface area contributed by atoms with Crippen molar-refractivity contribution in [1.29, 1.82) is 0 Å². The van der Waals surface area contributed by atoms with Crippen LogP contribution in [0.2, 0.25) is 0 Å². The topological polar surface area (TPSA) is 131 Å². The minimum Gasteiger partial charge on any atom is -0.452 e. The van der Waals surface area contributed by atoms with Crippen LogP contribution >= 0.6 is 11.8 Å². The lowest BCUT2D eigenvalue weighted by molar-refractivity contribution is -0.153. The van der Waals surface area contributed by atoms with Crippen molar-refractivity contribution in [3.05, 3.63) is 48.5 Å². The van der Waals surface area contributed by atoms with Crippen molar-refractivity contribution in [3.63, 3.8) is 0 Å². The number of thioether (sulfide) groups is 1. The molecule has 1 aliphatic heterocycles. The molecule has 0 radical (unpaired) electrons.